The number of nitrogens with zero attached hydrogens (tertiary/aromatic N) is 1. The SMILES string of the molecule is Cc1ccc(N2C[C@@H](C(=O)Nc3c(C)cccc3Cl)CC2=O)cc1. The van der Waals surface area contributed by atoms with Crippen LogP contribution in [0.3, 0.4) is 0 Å². The first-order valence-corrected chi connectivity index (χ1v) is 8.26. The van der Waals surface area contributed by atoms with Crippen LogP contribution in [0.5, 0.6) is 0 Å². The van der Waals surface area contributed by atoms with Gasteiger partial charge in [0.15, 0.2) is 0 Å². The van der Waals surface area contributed by atoms with Crippen LogP contribution >= 0.6 is 11.6 Å². The zero-order valence-corrected chi connectivity index (χ0v) is 14.4. The van der Waals surface area contributed by atoms with E-state index < -0.39 is 0 Å². The van der Waals surface area contributed by atoms with Crippen LogP contribution in [-0.2, 0) is 9.59 Å². The number of para-hydroxylation sites is 1. The maximum absolute atomic E-state index is 12.5. The number of rotatable bonds is 3. The van der Waals surface area contributed by atoms with Gasteiger partial charge in [-0.15, -0.1) is 0 Å². The van der Waals surface area contributed by atoms with Gasteiger partial charge in [-0.3, -0.25) is 9.59 Å². The van der Waals surface area contributed by atoms with E-state index in [2.05, 4.69) is 5.32 Å². The Hall–Kier alpha value is -2.33. The van der Waals surface area contributed by atoms with E-state index >= 15 is 0 Å². The number of hydrogen-bond donors (Lipinski definition) is 1. The van der Waals surface area contributed by atoms with E-state index in [1.54, 1.807) is 11.0 Å². The van der Waals surface area contributed by atoms with Crippen LogP contribution in [0, 0.1) is 19.8 Å². The average Bonchev–Trinajstić information content (AvgIpc) is 2.94. The number of carbonyl (C=O) groups excluding carboxylic acids is 2. The van der Waals surface area contributed by atoms with Crippen molar-refractivity contribution in [2.24, 2.45) is 5.92 Å². The number of benzene rings is 2. The molecule has 0 saturated carbocycles. The number of aryl methyl sites for hydroxylation is 2. The number of nitrogens with one attached hydrogen (secondary N) is 1. The molecule has 5 heteroatoms. The van der Waals surface area contributed by atoms with E-state index in [1.165, 1.54) is 0 Å². The highest BCUT2D eigenvalue weighted by Crippen LogP contribution is 2.29. The van der Waals surface area contributed by atoms with Crippen LogP contribution in [-0.4, -0.2) is 18.4 Å². The Labute approximate surface area is 146 Å². The number of hydrogen-bond acceptors (Lipinski definition) is 2. The molecule has 2 aromatic rings. The van der Waals surface area contributed by atoms with E-state index in [1.807, 2.05) is 50.2 Å². The summed E-state index contributed by atoms with van der Waals surface area (Å²) in [7, 11) is 0. The van der Waals surface area contributed by atoms with Crippen molar-refractivity contribution in [3.8, 4) is 0 Å². The summed E-state index contributed by atoms with van der Waals surface area (Å²) >= 11 is 6.16. The second kappa shape index (κ2) is 6.65. The minimum absolute atomic E-state index is 0.0325. The van der Waals surface area contributed by atoms with E-state index in [-0.39, 0.29) is 24.2 Å². The lowest BCUT2D eigenvalue weighted by Crippen LogP contribution is -2.28. The predicted octanol–water partition coefficient (Wildman–Crippen LogP) is 3.95. The van der Waals surface area contributed by atoms with Gasteiger partial charge in [0.1, 0.15) is 0 Å². The van der Waals surface area contributed by atoms with Gasteiger partial charge < -0.3 is 10.2 Å². The van der Waals surface area contributed by atoms with Crippen LogP contribution < -0.4 is 10.2 Å². The number of halogens is 1. The van der Waals surface area contributed by atoms with Crippen LogP contribution in [0.2, 0.25) is 5.02 Å². The molecule has 1 fully saturated rings. The molecule has 0 radical (unpaired) electrons. The van der Waals surface area contributed by atoms with Gasteiger partial charge in [-0.1, -0.05) is 41.4 Å². The summed E-state index contributed by atoms with van der Waals surface area (Å²) in [4.78, 5) is 26.5. The van der Waals surface area contributed by atoms with Crippen molar-refractivity contribution >= 4 is 34.8 Å². The van der Waals surface area contributed by atoms with Crippen LogP contribution in [0.1, 0.15) is 17.5 Å². The molecular formula is C19H19ClN2O2. The van der Waals surface area contributed by atoms with Gasteiger partial charge in [0.05, 0.1) is 16.6 Å². The van der Waals surface area contributed by atoms with E-state index in [4.69, 9.17) is 11.6 Å². The topological polar surface area (TPSA) is 49.4 Å². The summed E-state index contributed by atoms with van der Waals surface area (Å²) in [5.41, 5.74) is 3.48. The summed E-state index contributed by atoms with van der Waals surface area (Å²) < 4.78 is 0. The molecule has 0 spiro atoms. The average molecular weight is 343 g/mol. The van der Waals surface area contributed by atoms with Crippen molar-refractivity contribution in [2.75, 3.05) is 16.8 Å². The zero-order chi connectivity index (χ0) is 17.3. The van der Waals surface area contributed by atoms with E-state index in [0.717, 1.165) is 16.8 Å². The Morgan fingerprint density at radius 2 is 1.88 bits per heavy atom. The normalized spacial score (nSPS) is 17.2. The minimum Gasteiger partial charge on any atom is -0.324 e. The van der Waals surface area contributed by atoms with Gasteiger partial charge >= 0.3 is 0 Å². The lowest BCUT2D eigenvalue weighted by molar-refractivity contribution is -0.122. The molecule has 4 nitrogen and oxygen atoms in total. The van der Waals surface area contributed by atoms with Crippen molar-refractivity contribution in [1.82, 2.24) is 0 Å². The summed E-state index contributed by atoms with van der Waals surface area (Å²) in [5, 5.41) is 3.38. The Bertz CT molecular complexity index is 766. The quantitative estimate of drug-likeness (QED) is 0.918. The van der Waals surface area contributed by atoms with Gasteiger partial charge in [-0.05, 0) is 37.6 Å². The van der Waals surface area contributed by atoms with Gasteiger partial charge in [-0.2, -0.15) is 0 Å². The first-order chi connectivity index (χ1) is 11.5. The lowest BCUT2D eigenvalue weighted by atomic mass is 10.1. The molecule has 24 heavy (non-hydrogen) atoms. The molecule has 3 rings (SSSR count). The second-order valence-corrected chi connectivity index (χ2v) is 6.57. The third kappa shape index (κ3) is 3.29. The highest BCUT2D eigenvalue weighted by Gasteiger charge is 2.35. The van der Waals surface area contributed by atoms with E-state index in [0.29, 0.717) is 17.3 Å². The molecule has 1 saturated heterocycles. The standard InChI is InChI=1S/C19H19ClN2O2/c1-12-6-8-15(9-7-12)22-11-14(10-17(22)23)19(24)21-18-13(2)4-3-5-16(18)20/h3-9,14H,10-11H2,1-2H3,(H,21,24)/t14-/m0/s1. The summed E-state index contributed by atoms with van der Waals surface area (Å²) in [6.07, 6.45) is 0.212. The number of anilines is 2. The maximum atomic E-state index is 12.5. The second-order valence-electron chi connectivity index (χ2n) is 6.16. The molecule has 0 unspecified atom stereocenters. The molecule has 1 heterocycles. The van der Waals surface area contributed by atoms with Gasteiger partial charge in [0, 0.05) is 18.7 Å². The summed E-state index contributed by atoms with van der Waals surface area (Å²) in [6, 6.07) is 13.2. The molecule has 1 atom stereocenters. The molecule has 0 aliphatic carbocycles. The van der Waals surface area contributed by atoms with Gasteiger partial charge in [0.2, 0.25) is 11.8 Å². The third-order valence-electron chi connectivity index (χ3n) is 4.31. The van der Waals surface area contributed by atoms with Crippen LogP contribution in [0.25, 0.3) is 0 Å². The molecule has 1 aliphatic heterocycles. The maximum Gasteiger partial charge on any atom is 0.229 e. The Morgan fingerprint density at radius 3 is 2.54 bits per heavy atom. The lowest BCUT2D eigenvalue weighted by Gasteiger charge is -2.17. The van der Waals surface area contributed by atoms with Crippen molar-refractivity contribution < 1.29 is 9.59 Å². The minimum atomic E-state index is -0.380. The highest BCUT2D eigenvalue weighted by molar-refractivity contribution is 6.34. The number of amides is 2. The first kappa shape index (κ1) is 16.5. The third-order valence-corrected chi connectivity index (χ3v) is 4.63. The summed E-state index contributed by atoms with van der Waals surface area (Å²) in [5.74, 6) is -0.585. The largest absolute Gasteiger partial charge is 0.324 e. The molecule has 0 aromatic heterocycles. The van der Waals surface area contributed by atoms with Crippen molar-refractivity contribution in [1.29, 1.82) is 0 Å². The fourth-order valence-corrected chi connectivity index (χ4v) is 3.14. The fraction of sp³-hybridized carbons (Fsp3) is 0.263. The van der Waals surface area contributed by atoms with Crippen molar-refractivity contribution in [2.45, 2.75) is 20.3 Å². The smallest absolute Gasteiger partial charge is 0.229 e. The zero-order valence-electron chi connectivity index (χ0n) is 13.7. The Balaban J connectivity index is 1.73. The molecular weight excluding hydrogens is 324 g/mol. The molecule has 2 aromatic carbocycles. The van der Waals surface area contributed by atoms with E-state index in [9.17, 15) is 9.59 Å². The molecule has 0 bridgehead atoms. The first-order valence-electron chi connectivity index (χ1n) is 7.88. The van der Waals surface area contributed by atoms with Gasteiger partial charge in [-0.25, -0.2) is 0 Å². The molecule has 124 valence electrons. The molecule has 1 aliphatic rings. The number of carbonyl (C=O) groups is 2. The highest BCUT2D eigenvalue weighted by atomic mass is 35.5. The molecule has 1 N–H and O–H groups in total. The van der Waals surface area contributed by atoms with Crippen molar-refractivity contribution in [3.05, 3.63) is 58.6 Å². The van der Waals surface area contributed by atoms with Crippen LogP contribution in [0.4, 0.5) is 11.4 Å². The summed E-state index contributed by atoms with van der Waals surface area (Å²) in [6.45, 7) is 4.27. The Morgan fingerprint density at radius 1 is 1.17 bits per heavy atom. The Kier molecular flexibility index (Phi) is 4.58. The van der Waals surface area contributed by atoms with Crippen molar-refractivity contribution in [3.63, 3.8) is 0 Å². The van der Waals surface area contributed by atoms with Gasteiger partial charge in [0.25, 0.3) is 0 Å². The predicted molar refractivity (Wildman–Crippen MR) is 96.5 cm³/mol. The monoisotopic (exact) mass is 342 g/mol. The van der Waals surface area contributed by atoms with Crippen LogP contribution in [0.15, 0.2) is 42.5 Å². The fourth-order valence-electron chi connectivity index (χ4n) is 2.87. The molecule has 2 amide bonds.